The van der Waals surface area contributed by atoms with Crippen molar-refractivity contribution in [3.8, 4) is 12.3 Å². The smallest absolute Gasteiger partial charge is 0.00981 e. The van der Waals surface area contributed by atoms with E-state index in [2.05, 4.69) is 30.1 Å². The van der Waals surface area contributed by atoms with Crippen molar-refractivity contribution in [2.75, 3.05) is 26.7 Å². The number of unbranched alkanes of at least 4 members (excludes halogenated alkanes) is 1. The summed E-state index contributed by atoms with van der Waals surface area (Å²) in [5, 5.41) is 3.59. The average Bonchev–Trinajstić information content (AvgIpc) is 2.25. The lowest BCUT2D eigenvalue weighted by Gasteiger charge is -2.33. The first kappa shape index (κ1) is 12.5. The van der Waals surface area contributed by atoms with Gasteiger partial charge in [0.2, 0.25) is 0 Å². The third-order valence-corrected chi connectivity index (χ3v) is 3.43. The van der Waals surface area contributed by atoms with Crippen LogP contribution in [-0.2, 0) is 0 Å². The van der Waals surface area contributed by atoms with Crippen LogP contribution in [0.2, 0.25) is 0 Å². The Kier molecular flexibility index (Phi) is 5.75. The van der Waals surface area contributed by atoms with E-state index in [1.54, 1.807) is 0 Å². The lowest BCUT2D eigenvalue weighted by atomic mass is 9.90. The summed E-state index contributed by atoms with van der Waals surface area (Å²) < 4.78 is 0. The van der Waals surface area contributed by atoms with Crippen molar-refractivity contribution < 1.29 is 0 Å². The van der Waals surface area contributed by atoms with E-state index in [1.807, 2.05) is 0 Å². The monoisotopic (exact) mass is 208 g/mol. The van der Waals surface area contributed by atoms with Crippen molar-refractivity contribution in [2.45, 2.75) is 38.6 Å². The van der Waals surface area contributed by atoms with Gasteiger partial charge < -0.3 is 10.2 Å². The minimum Gasteiger partial charge on any atom is -0.314 e. The molecule has 0 bridgehead atoms. The number of nitrogens with zero attached hydrogens (tertiary/aromatic N) is 1. The molecule has 1 N–H and O–H groups in total. The first-order valence-corrected chi connectivity index (χ1v) is 6.09. The standard InChI is InChI=1S/C13H24N2/c1-4-5-6-9-14-12(2)13-7-10-15(3)11-8-13/h1,12-14H,5-11H2,2-3H3. The van der Waals surface area contributed by atoms with Crippen LogP contribution in [0, 0.1) is 18.3 Å². The molecule has 1 unspecified atom stereocenters. The molecule has 1 fully saturated rings. The average molecular weight is 208 g/mol. The zero-order chi connectivity index (χ0) is 11.1. The minimum atomic E-state index is 0.650. The molecule has 0 aromatic carbocycles. The van der Waals surface area contributed by atoms with Gasteiger partial charge in [-0.2, -0.15) is 0 Å². The van der Waals surface area contributed by atoms with Gasteiger partial charge in [0, 0.05) is 12.5 Å². The number of rotatable bonds is 5. The SMILES string of the molecule is C#CCCCNC(C)C1CCN(C)CC1. The number of hydrogen-bond acceptors (Lipinski definition) is 2. The Balaban J connectivity index is 2.11. The Labute approximate surface area is 94.4 Å². The second kappa shape index (κ2) is 6.87. The number of likely N-dealkylation sites (tertiary alicyclic amines) is 1. The molecule has 0 aliphatic carbocycles. The Morgan fingerprint density at radius 1 is 1.47 bits per heavy atom. The topological polar surface area (TPSA) is 15.3 Å². The molecule has 0 amide bonds. The molecule has 0 aromatic heterocycles. The van der Waals surface area contributed by atoms with Crippen LogP contribution >= 0.6 is 0 Å². The minimum absolute atomic E-state index is 0.650. The molecule has 1 aliphatic rings. The van der Waals surface area contributed by atoms with Gasteiger partial charge in [0.05, 0.1) is 0 Å². The fourth-order valence-corrected chi connectivity index (χ4v) is 2.22. The molecule has 15 heavy (non-hydrogen) atoms. The highest BCUT2D eigenvalue weighted by atomic mass is 15.1. The highest BCUT2D eigenvalue weighted by molar-refractivity contribution is 4.84. The molecular weight excluding hydrogens is 184 g/mol. The van der Waals surface area contributed by atoms with Crippen LogP contribution in [0.5, 0.6) is 0 Å². The van der Waals surface area contributed by atoms with E-state index < -0.39 is 0 Å². The molecule has 1 heterocycles. The lowest BCUT2D eigenvalue weighted by molar-refractivity contribution is 0.190. The van der Waals surface area contributed by atoms with Crippen molar-refractivity contribution in [1.29, 1.82) is 0 Å². The summed E-state index contributed by atoms with van der Waals surface area (Å²) in [6.07, 6.45) is 9.89. The fraction of sp³-hybridized carbons (Fsp3) is 0.846. The van der Waals surface area contributed by atoms with Crippen LogP contribution in [0.1, 0.15) is 32.6 Å². The van der Waals surface area contributed by atoms with E-state index in [0.29, 0.717) is 6.04 Å². The normalized spacial score (nSPS) is 21.1. The second-order valence-corrected chi connectivity index (χ2v) is 4.69. The van der Waals surface area contributed by atoms with Crippen molar-refractivity contribution in [1.82, 2.24) is 10.2 Å². The van der Waals surface area contributed by atoms with E-state index in [9.17, 15) is 0 Å². The molecule has 86 valence electrons. The molecule has 2 nitrogen and oxygen atoms in total. The van der Waals surface area contributed by atoms with Gasteiger partial charge in [-0.15, -0.1) is 12.3 Å². The molecule has 0 radical (unpaired) electrons. The zero-order valence-electron chi connectivity index (χ0n) is 10.1. The quantitative estimate of drug-likeness (QED) is 0.547. The van der Waals surface area contributed by atoms with Gasteiger partial charge in [-0.1, -0.05) is 0 Å². The number of nitrogens with one attached hydrogen (secondary N) is 1. The van der Waals surface area contributed by atoms with Gasteiger partial charge >= 0.3 is 0 Å². The van der Waals surface area contributed by atoms with E-state index in [0.717, 1.165) is 25.3 Å². The van der Waals surface area contributed by atoms with Crippen LogP contribution in [0.3, 0.4) is 0 Å². The van der Waals surface area contributed by atoms with Gasteiger partial charge in [0.1, 0.15) is 0 Å². The molecule has 1 saturated heterocycles. The Bertz CT molecular complexity index is 199. The van der Waals surface area contributed by atoms with Gasteiger partial charge in [-0.05, 0) is 58.8 Å². The molecular formula is C13H24N2. The molecule has 1 rings (SSSR count). The third kappa shape index (κ3) is 4.68. The maximum Gasteiger partial charge on any atom is 0.00981 e. The van der Waals surface area contributed by atoms with Crippen LogP contribution in [0.15, 0.2) is 0 Å². The zero-order valence-corrected chi connectivity index (χ0v) is 10.1. The van der Waals surface area contributed by atoms with E-state index >= 15 is 0 Å². The summed E-state index contributed by atoms with van der Waals surface area (Å²) in [6.45, 7) is 5.88. The predicted octanol–water partition coefficient (Wildman–Crippen LogP) is 1.72. The predicted molar refractivity (Wildman–Crippen MR) is 65.8 cm³/mol. The van der Waals surface area contributed by atoms with Crippen LogP contribution in [0.25, 0.3) is 0 Å². The largest absolute Gasteiger partial charge is 0.314 e. The first-order chi connectivity index (χ1) is 7.24. The van der Waals surface area contributed by atoms with E-state index in [1.165, 1.54) is 25.9 Å². The summed E-state index contributed by atoms with van der Waals surface area (Å²) >= 11 is 0. The summed E-state index contributed by atoms with van der Waals surface area (Å²) in [4.78, 5) is 2.42. The maximum absolute atomic E-state index is 5.22. The lowest BCUT2D eigenvalue weighted by Crippen LogP contribution is -2.40. The highest BCUT2D eigenvalue weighted by Crippen LogP contribution is 2.19. The molecule has 0 spiro atoms. The van der Waals surface area contributed by atoms with Crippen LogP contribution < -0.4 is 5.32 Å². The first-order valence-electron chi connectivity index (χ1n) is 6.09. The van der Waals surface area contributed by atoms with Gasteiger partial charge in [-0.25, -0.2) is 0 Å². The van der Waals surface area contributed by atoms with E-state index in [-0.39, 0.29) is 0 Å². The maximum atomic E-state index is 5.22. The number of terminal acetylenes is 1. The van der Waals surface area contributed by atoms with Crippen LogP contribution in [0.4, 0.5) is 0 Å². The van der Waals surface area contributed by atoms with Crippen molar-refractivity contribution >= 4 is 0 Å². The highest BCUT2D eigenvalue weighted by Gasteiger charge is 2.21. The molecule has 0 aromatic rings. The van der Waals surface area contributed by atoms with E-state index in [4.69, 9.17) is 6.42 Å². The van der Waals surface area contributed by atoms with Gasteiger partial charge in [0.15, 0.2) is 0 Å². The summed E-state index contributed by atoms with van der Waals surface area (Å²) in [7, 11) is 2.21. The number of hydrogen-bond donors (Lipinski definition) is 1. The third-order valence-electron chi connectivity index (χ3n) is 3.43. The molecule has 0 saturated carbocycles. The Morgan fingerprint density at radius 2 is 2.13 bits per heavy atom. The van der Waals surface area contributed by atoms with Gasteiger partial charge in [-0.3, -0.25) is 0 Å². The van der Waals surface area contributed by atoms with Gasteiger partial charge in [0.25, 0.3) is 0 Å². The fourth-order valence-electron chi connectivity index (χ4n) is 2.22. The number of piperidine rings is 1. The molecule has 2 heteroatoms. The Morgan fingerprint density at radius 3 is 2.73 bits per heavy atom. The molecule has 1 atom stereocenters. The summed E-state index contributed by atoms with van der Waals surface area (Å²) in [6, 6.07) is 0.650. The van der Waals surface area contributed by atoms with Crippen molar-refractivity contribution in [3.05, 3.63) is 0 Å². The Hall–Kier alpha value is -0.520. The summed E-state index contributed by atoms with van der Waals surface area (Å²) in [5.74, 6) is 3.53. The molecule has 1 aliphatic heterocycles. The van der Waals surface area contributed by atoms with Crippen molar-refractivity contribution in [2.24, 2.45) is 5.92 Å². The summed E-state index contributed by atoms with van der Waals surface area (Å²) in [5.41, 5.74) is 0. The second-order valence-electron chi connectivity index (χ2n) is 4.69. The van der Waals surface area contributed by atoms with Crippen molar-refractivity contribution in [3.63, 3.8) is 0 Å². The van der Waals surface area contributed by atoms with Crippen LogP contribution in [-0.4, -0.2) is 37.6 Å².